The Balaban J connectivity index is 1.64. The lowest BCUT2D eigenvalue weighted by Crippen LogP contribution is -2.30. The van der Waals surface area contributed by atoms with Crippen LogP contribution in [0.1, 0.15) is 29.8 Å². The molecule has 0 saturated heterocycles. The largest absolute Gasteiger partial charge is 0.381 e. The summed E-state index contributed by atoms with van der Waals surface area (Å²) in [5, 5.41) is 7.52. The molecule has 0 unspecified atom stereocenters. The zero-order chi connectivity index (χ0) is 16.9. The van der Waals surface area contributed by atoms with Gasteiger partial charge in [-0.2, -0.15) is 5.10 Å². The molecule has 0 spiro atoms. The van der Waals surface area contributed by atoms with Crippen molar-refractivity contribution >= 4 is 17.2 Å². The smallest absolute Gasteiger partial charge is 0.253 e. The van der Waals surface area contributed by atoms with Crippen molar-refractivity contribution in [2.45, 2.75) is 20.4 Å². The standard InChI is InChI=1S/C18H21N5O/c1-3-22(4-2)18(24)15-5-7-16(8-6-15)19-11-14-12-20-17-9-10-21-23(17)13-14/h5-10,12-13,19H,3-4,11H2,1-2H3. The first-order chi connectivity index (χ1) is 11.7. The van der Waals surface area contributed by atoms with Gasteiger partial charge in [0.2, 0.25) is 0 Å². The molecule has 0 saturated carbocycles. The summed E-state index contributed by atoms with van der Waals surface area (Å²) in [6.07, 6.45) is 5.51. The molecule has 1 aromatic carbocycles. The zero-order valence-electron chi connectivity index (χ0n) is 13.9. The van der Waals surface area contributed by atoms with Crippen molar-refractivity contribution in [2.24, 2.45) is 0 Å². The van der Waals surface area contributed by atoms with Crippen LogP contribution in [0.25, 0.3) is 5.65 Å². The van der Waals surface area contributed by atoms with E-state index in [2.05, 4.69) is 15.4 Å². The lowest BCUT2D eigenvalue weighted by molar-refractivity contribution is 0.0773. The third-order valence-electron chi connectivity index (χ3n) is 3.98. The topological polar surface area (TPSA) is 62.5 Å². The third kappa shape index (κ3) is 3.37. The van der Waals surface area contributed by atoms with Crippen LogP contribution in [0.15, 0.2) is 48.9 Å². The van der Waals surface area contributed by atoms with E-state index >= 15 is 0 Å². The highest BCUT2D eigenvalue weighted by Crippen LogP contribution is 2.13. The maximum absolute atomic E-state index is 12.3. The van der Waals surface area contributed by atoms with Gasteiger partial charge in [-0.25, -0.2) is 9.50 Å². The predicted molar refractivity (Wildman–Crippen MR) is 94.0 cm³/mol. The first-order valence-electron chi connectivity index (χ1n) is 8.12. The van der Waals surface area contributed by atoms with E-state index in [0.717, 1.165) is 30.0 Å². The average Bonchev–Trinajstić information content (AvgIpc) is 3.09. The Bertz CT molecular complexity index is 821. The molecular weight excluding hydrogens is 302 g/mol. The van der Waals surface area contributed by atoms with Crippen LogP contribution in [0.5, 0.6) is 0 Å². The van der Waals surface area contributed by atoms with E-state index in [1.807, 2.05) is 61.5 Å². The van der Waals surface area contributed by atoms with Gasteiger partial charge in [-0.3, -0.25) is 4.79 Å². The fourth-order valence-electron chi connectivity index (χ4n) is 2.57. The fraction of sp³-hybridized carbons (Fsp3) is 0.278. The molecule has 0 aliphatic carbocycles. The number of fused-ring (bicyclic) bond motifs is 1. The average molecular weight is 323 g/mol. The highest BCUT2D eigenvalue weighted by Gasteiger charge is 2.11. The second-order valence-electron chi connectivity index (χ2n) is 5.50. The van der Waals surface area contributed by atoms with Crippen molar-refractivity contribution in [3.05, 3.63) is 60.0 Å². The summed E-state index contributed by atoms with van der Waals surface area (Å²) in [6, 6.07) is 9.44. The van der Waals surface area contributed by atoms with Gasteiger partial charge in [-0.05, 0) is 38.1 Å². The minimum Gasteiger partial charge on any atom is -0.381 e. The second kappa shape index (κ2) is 7.12. The first kappa shape index (κ1) is 16.0. The molecule has 3 aromatic rings. The summed E-state index contributed by atoms with van der Waals surface area (Å²) in [5.41, 5.74) is 3.54. The number of amides is 1. The molecule has 0 atom stereocenters. The number of aromatic nitrogens is 3. The Morgan fingerprint density at radius 1 is 1.17 bits per heavy atom. The molecule has 0 aliphatic heterocycles. The molecule has 6 heteroatoms. The van der Waals surface area contributed by atoms with Gasteiger partial charge in [0.25, 0.3) is 5.91 Å². The zero-order valence-corrected chi connectivity index (χ0v) is 13.9. The fourth-order valence-corrected chi connectivity index (χ4v) is 2.57. The summed E-state index contributed by atoms with van der Waals surface area (Å²) < 4.78 is 1.75. The number of carbonyl (C=O) groups excluding carboxylic acids is 1. The van der Waals surface area contributed by atoms with E-state index < -0.39 is 0 Å². The van der Waals surface area contributed by atoms with E-state index in [4.69, 9.17) is 0 Å². The Morgan fingerprint density at radius 2 is 1.92 bits per heavy atom. The van der Waals surface area contributed by atoms with Crippen molar-refractivity contribution < 1.29 is 4.79 Å². The molecule has 1 N–H and O–H groups in total. The summed E-state index contributed by atoms with van der Waals surface area (Å²) in [7, 11) is 0. The molecule has 124 valence electrons. The Kier molecular flexibility index (Phi) is 4.74. The minimum atomic E-state index is 0.0693. The van der Waals surface area contributed by atoms with E-state index in [9.17, 15) is 4.79 Å². The van der Waals surface area contributed by atoms with Crippen LogP contribution in [-0.2, 0) is 6.54 Å². The lowest BCUT2D eigenvalue weighted by Gasteiger charge is -2.18. The number of hydrogen-bond acceptors (Lipinski definition) is 4. The molecule has 0 fully saturated rings. The monoisotopic (exact) mass is 323 g/mol. The molecular formula is C18H21N5O. The van der Waals surface area contributed by atoms with Crippen LogP contribution in [0.3, 0.4) is 0 Å². The van der Waals surface area contributed by atoms with Gasteiger partial charge in [-0.1, -0.05) is 0 Å². The van der Waals surface area contributed by atoms with Gasteiger partial charge in [0.1, 0.15) is 0 Å². The van der Waals surface area contributed by atoms with Gasteiger partial charge < -0.3 is 10.2 Å². The number of carbonyl (C=O) groups is 1. The maximum Gasteiger partial charge on any atom is 0.253 e. The van der Waals surface area contributed by atoms with Crippen molar-refractivity contribution in [2.75, 3.05) is 18.4 Å². The van der Waals surface area contributed by atoms with Crippen molar-refractivity contribution in [3.63, 3.8) is 0 Å². The second-order valence-corrected chi connectivity index (χ2v) is 5.50. The summed E-state index contributed by atoms with van der Waals surface area (Å²) >= 11 is 0. The van der Waals surface area contributed by atoms with Crippen LogP contribution in [-0.4, -0.2) is 38.5 Å². The number of nitrogens with zero attached hydrogens (tertiary/aromatic N) is 4. The van der Waals surface area contributed by atoms with Crippen LogP contribution < -0.4 is 5.32 Å². The molecule has 1 amide bonds. The van der Waals surface area contributed by atoms with E-state index in [0.29, 0.717) is 12.1 Å². The third-order valence-corrected chi connectivity index (χ3v) is 3.98. The minimum absolute atomic E-state index is 0.0693. The highest BCUT2D eigenvalue weighted by atomic mass is 16.2. The summed E-state index contributed by atoms with van der Waals surface area (Å²) in [5.74, 6) is 0.0693. The van der Waals surface area contributed by atoms with Crippen molar-refractivity contribution in [1.82, 2.24) is 19.5 Å². The van der Waals surface area contributed by atoms with Crippen LogP contribution in [0.2, 0.25) is 0 Å². The molecule has 0 bridgehead atoms. The molecule has 2 heterocycles. The number of nitrogens with one attached hydrogen (secondary N) is 1. The first-order valence-corrected chi connectivity index (χ1v) is 8.12. The van der Waals surface area contributed by atoms with Crippen LogP contribution >= 0.6 is 0 Å². The van der Waals surface area contributed by atoms with Gasteiger partial charge >= 0.3 is 0 Å². The summed E-state index contributed by atoms with van der Waals surface area (Å²) in [6.45, 7) is 6.06. The van der Waals surface area contributed by atoms with Crippen LogP contribution in [0, 0.1) is 0 Å². The Hall–Kier alpha value is -2.89. The number of benzene rings is 1. The number of rotatable bonds is 6. The molecule has 0 aliphatic rings. The lowest BCUT2D eigenvalue weighted by atomic mass is 10.1. The quantitative estimate of drug-likeness (QED) is 0.758. The van der Waals surface area contributed by atoms with Gasteiger partial charge in [0.05, 0.1) is 6.20 Å². The molecule has 3 rings (SSSR count). The molecule has 24 heavy (non-hydrogen) atoms. The number of hydrogen-bond donors (Lipinski definition) is 1. The Labute approximate surface area is 141 Å². The maximum atomic E-state index is 12.3. The molecule has 6 nitrogen and oxygen atoms in total. The molecule has 0 radical (unpaired) electrons. The SMILES string of the molecule is CCN(CC)C(=O)c1ccc(NCc2cnc3ccnn3c2)cc1. The van der Waals surface area contributed by atoms with E-state index in [1.54, 1.807) is 10.7 Å². The van der Waals surface area contributed by atoms with Crippen LogP contribution in [0.4, 0.5) is 5.69 Å². The van der Waals surface area contributed by atoms with Gasteiger partial charge in [0, 0.05) is 54.9 Å². The van der Waals surface area contributed by atoms with Crippen molar-refractivity contribution in [1.29, 1.82) is 0 Å². The van der Waals surface area contributed by atoms with Crippen molar-refractivity contribution in [3.8, 4) is 0 Å². The highest BCUT2D eigenvalue weighted by molar-refractivity contribution is 5.94. The predicted octanol–water partition coefficient (Wildman–Crippen LogP) is 2.82. The number of anilines is 1. The Morgan fingerprint density at radius 3 is 2.62 bits per heavy atom. The van der Waals surface area contributed by atoms with Gasteiger partial charge in [0.15, 0.2) is 5.65 Å². The normalized spacial score (nSPS) is 10.8. The van der Waals surface area contributed by atoms with Gasteiger partial charge in [-0.15, -0.1) is 0 Å². The van der Waals surface area contributed by atoms with E-state index in [-0.39, 0.29) is 5.91 Å². The van der Waals surface area contributed by atoms with E-state index in [1.165, 1.54) is 0 Å². The summed E-state index contributed by atoms with van der Waals surface area (Å²) in [4.78, 5) is 18.4. The molecule has 2 aromatic heterocycles.